The van der Waals surface area contributed by atoms with Crippen LogP contribution in [0.4, 0.5) is 5.69 Å². The number of carbonyl (C=O) groups excluding carboxylic acids is 1. The van der Waals surface area contributed by atoms with Gasteiger partial charge in [0.15, 0.2) is 12.4 Å². The lowest BCUT2D eigenvalue weighted by atomic mass is 10.2. The third-order valence-electron chi connectivity index (χ3n) is 3.75. The summed E-state index contributed by atoms with van der Waals surface area (Å²) in [5.74, 6) is 1.11. The lowest BCUT2D eigenvalue weighted by molar-refractivity contribution is -0.682. The Morgan fingerprint density at radius 3 is 2.58 bits per heavy atom. The quantitative estimate of drug-likeness (QED) is 0.735. The van der Waals surface area contributed by atoms with Crippen molar-refractivity contribution < 1.29 is 18.8 Å². The molecule has 0 aliphatic heterocycles. The van der Waals surface area contributed by atoms with Crippen LogP contribution in [0.3, 0.4) is 0 Å². The summed E-state index contributed by atoms with van der Waals surface area (Å²) in [6, 6.07) is 15.3. The van der Waals surface area contributed by atoms with Crippen molar-refractivity contribution in [3.05, 3.63) is 60.9 Å². The van der Waals surface area contributed by atoms with E-state index >= 15 is 0 Å². The fourth-order valence-electron chi connectivity index (χ4n) is 2.54. The molecule has 0 aliphatic rings. The van der Waals surface area contributed by atoms with Crippen LogP contribution in [-0.2, 0) is 11.3 Å². The summed E-state index contributed by atoms with van der Waals surface area (Å²) in [5.41, 5.74) is 0.586. The number of fused-ring (bicyclic) bond motifs is 1. The second-order valence-electron chi connectivity index (χ2n) is 5.36. The maximum absolute atomic E-state index is 12.4. The molecule has 0 fully saturated rings. The Bertz CT molecular complexity index is 877. The number of ether oxygens (including phenoxy) is 2. The second-order valence-corrected chi connectivity index (χ2v) is 5.36. The summed E-state index contributed by atoms with van der Waals surface area (Å²) >= 11 is 0. The van der Waals surface area contributed by atoms with Crippen molar-refractivity contribution in [3.8, 4) is 11.5 Å². The smallest absolute Gasteiger partial charge is 0.290 e. The monoisotopic (exact) mass is 323 g/mol. The van der Waals surface area contributed by atoms with Gasteiger partial charge in [-0.2, -0.15) is 4.57 Å². The Labute approximate surface area is 140 Å². The highest BCUT2D eigenvalue weighted by molar-refractivity contribution is 5.91. The lowest BCUT2D eigenvalue weighted by Gasteiger charge is -2.10. The fraction of sp³-hybridized carbons (Fsp3) is 0.158. The molecular formula is C19H19N2O3+. The van der Waals surface area contributed by atoms with Gasteiger partial charge in [-0.3, -0.25) is 4.79 Å². The third-order valence-corrected chi connectivity index (χ3v) is 3.75. The van der Waals surface area contributed by atoms with E-state index in [-0.39, 0.29) is 12.5 Å². The molecule has 3 rings (SSSR count). The van der Waals surface area contributed by atoms with Crippen molar-refractivity contribution >= 4 is 22.4 Å². The van der Waals surface area contributed by atoms with Gasteiger partial charge in [0.1, 0.15) is 11.5 Å². The van der Waals surface area contributed by atoms with Gasteiger partial charge < -0.3 is 14.8 Å². The van der Waals surface area contributed by atoms with Crippen molar-refractivity contribution in [2.24, 2.45) is 0 Å². The summed E-state index contributed by atoms with van der Waals surface area (Å²) in [4.78, 5) is 12.4. The van der Waals surface area contributed by atoms with E-state index in [0.717, 1.165) is 10.8 Å². The van der Waals surface area contributed by atoms with E-state index in [4.69, 9.17) is 9.47 Å². The molecule has 0 unspecified atom stereocenters. The normalized spacial score (nSPS) is 10.4. The Kier molecular flexibility index (Phi) is 4.61. The van der Waals surface area contributed by atoms with Gasteiger partial charge in [-0.15, -0.1) is 0 Å². The molecule has 1 amide bonds. The first-order chi connectivity index (χ1) is 11.7. The van der Waals surface area contributed by atoms with Crippen LogP contribution in [-0.4, -0.2) is 20.1 Å². The number of hydrogen-bond acceptors (Lipinski definition) is 3. The Balaban J connectivity index is 1.77. The van der Waals surface area contributed by atoms with Crippen LogP contribution < -0.4 is 19.4 Å². The second kappa shape index (κ2) is 7.00. The Morgan fingerprint density at radius 2 is 1.83 bits per heavy atom. The van der Waals surface area contributed by atoms with E-state index in [2.05, 4.69) is 5.32 Å². The molecule has 0 spiro atoms. The van der Waals surface area contributed by atoms with E-state index in [1.54, 1.807) is 32.4 Å². The van der Waals surface area contributed by atoms with E-state index < -0.39 is 0 Å². The molecule has 1 heterocycles. The fourth-order valence-corrected chi connectivity index (χ4v) is 2.54. The average molecular weight is 323 g/mol. The highest BCUT2D eigenvalue weighted by Gasteiger charge is 2.13. The average Bonchev–Trinajstić information content (AvgIpc) is 2.61. The zero-order valence-electron chi connectivity index (χ0n) is 13.7. The molecule has 1 aromatic heterocycles. The van der Waals surface area contributed by atoms with Gasteiger partial charge in [0.2, 0.25) is 6.54 Å². The molecule has 0 aliphatic carbocycles. The molecule has 5 heteroatoms. The molecule has 3 aromatic rings. The summed E-state index contributed by atoms with van der Waals surface area (Å²) in [5, 5.41) is 5.10. The van der Waals surface area contributed by atoms with Gasteiger partial charge in [0, 0.05) is 17.5 Å². The van der Waals surface area contributed by atoms with Crippen molar-refractivity contribution in [1.82, 2.24) is 0 Å². The SMILES string of the molecule is COc1ccc(OC)c(NC(=O)C[n+]2ccc3ccccc3c2)c1. The molecule has 5 nitrogen and oxygen atoms in total. The predicted molar refractivity (Wildman–Crippen MR) is 92.3 cm³/mol. The van der Waals surface area contributed by atoms with Crippen LogP contribution in [0, 0.1) is 0 Å². The summed E-state index contributed by atoms with van der Waals surface area (Å²) in [6.45, 7) is 0.213. The van der Waals surface area contributed by atoms with Gasteiger partial charge in [0.05, 0.1) is 19.9 Å². The number of methoxy groups -OCH3 is 2. The summed E-state index contributed by atoms with van der Waals surface area (Å²) in [6.07, 6.45) is 3.85. The van der Waals surface area contributed by atoms with E-state index in [1.807, 2.05) is 47.3 Å². The van der Waals surface area contributed by atoms with Crippen LogP contribution in [0.25, 0.3) is 10.8 Å². The van der Waals surface area contributed by atoms with Gasteiger partial charge in [-0.25, -0.2) is 0 Å². The first-order valence-corrected chi connectivity index (χ1v) is 7.59. The van der Waals surface area contributed by atoms with Crippen LogP contribution in [0.2, 0.25) is 0 Å². The Morgan fingerprint density at radius 1 is 1.04 bits per heavy atom. The minimum atomic E-state index is -0.137. The first-order valence-electron chi connectivity index (χ1n) is 7.59. The molecule has 0 saturated heterocycles. The molecule has 122 valence electrons. The van der Waals surface area contributed by atoms with Gasteiger partial charge >= 0.3 is 0 Å². The van der Waals surface area contributed by atoms with Gasteiger partial charge in [-0.05, 0) is 23.6 Å². The van der Waals surface area contributed by atoms with Gasteiger partial charge in [0.25, 0.3) is 5.91 Å². The highest BCUT2D eigenvalue weighted by atomic mass is 16.5. The zero-order valence-corrected chi connectivity index (χ0v) is 13.7. The topological polar surface area (TPSA) is 51.4 Å². The predicted octanol–water partition coefficient (Wildman–Crippen LogP) is 2.78. The molecular weight excluding hydrogens is 304 g/mol. The van der Waals surface area contributed by atoms with Crippen molar-refractivity contribution in [1.29, 1.82) is 0 Å². The zero-order chi connectivity index (χ0) is 16.9. The van der Waals surface area contributed by atoms with Crippen molar-refractivity contribution in [2.45, 2.75) is 6.54 Å². The van der Waals surface area contributed by atoms with E-state index in [1.165, 1.54) is 0 Å². The minimum Gasteiger partial charge on any atom is -0.497 e. The van der Waals surface area contributed by atoms with Crippen LogP contribution in [0.15, 0.2) is 60.9 Å². The maximum atomic E-state index is 12.4. The van der Waals surface area contributed by atoms with Crippen LogP contribution in [0.5, 0.6) is 11.5 Å². The van der Waals surface area contributed by atoms with E-state index in [9.17, 15) is 4.79 Å². The van der Waals surface area contributed by atoms with Crippen LogP contribution >= 0.6 is 0 Å². The lowest BCUT2D eigenvalue weighted by Crippen LogP contribution is -2.39. The number of aromatic nitrogens is 1. The highest BCUT2D eigenvalue weighted by Crippen LogP contribution is 2.28. The number of anilines is 1. The summed E-state index contributed by atoms with van der Waals surface area (Å²) < 4.78 is 12.3. The maximum Gasteiger partial charge on any atom is 0.290 e. The molecule has 0 atom stereocenters. The van der Waals surface area contributed by atoms with Crippen molar-refractivity contribution in [3.63, 3.8) is 0 Å². The molecule has 0 radical (unpaired) electrons. The number of nitrogens with zero attached hydrogens (tertiary/aromatic N) is 1. The number of nitrogens with one attached hydrogen (secondary N) is 1. The van der Waals surface area contributed by atoms with Crippen LogP contribution in [0.1, 0.15) is 0 Å². The number of amides is 1. The first kappa shape index (κ1) is 15.8. The standard InChI is InChI=1S/C19H18N2O3/c1-23-16-7-8-18(24-2)17(11-16)20-19(22)13-21-10-9-14-5-3-4-6-15(14)12-21/h3-12H,13H2,1-2H3/p+1. The third kappa shape index (κ3) is 3.46. The number of benzene rings is 2. The molecule has 1 N–H and O–H groups in total. The largest absolute Gasteiger partial charge is 0.497 e. The number of pyridine rings is 1. The Hall–Kier alpha value is -3.08. The number of hydrogen-bond donors (Lipinski definition) is 1. The minimum absolute atomic E-state index is 0.137. The number of carbonyl (C=O) groups is 1. The number of rotatable bonds is 5. The van der Waals surface area contributed by atoms with E-state index in [0.29, 0.717) is 17.2 Å². The van der Waals surface area contributed by atoms with Crippen molar-refractivity contribution in [2.75, 3.05) is 19.5 Å². The molecule has 0 bridgehead atoms. The molecule has 24 heavy (non-hydrogen) atoms. The molecule has 0 saturated carbocycles. The molecule has 2 aromatic carbocycles. The van der Waals surface area contributed by atoms with Gasteiger partial charge in [-0.1, -0.05) is 18.2 Å². The summed E-state index contributed by atoms with van der Waals surface area (Å²) in [7, 11) is 3.15.